The lowest BCUT2D eigenvalue weighted by Crippen LogP contribution is -2.35. The quantitative estimate of drug-likeness (QED) is 0.789. The summed E-state index contributed by atoms with van der Waals surface area (Å²) in [7, 11) is -2.14. The molecule has 1 aliphatic rings. The first-order valence-corrected chi connectivity index (χ1v) is 10.2. The van der Waals surface area contributed by atoms with Crippen LogP contribution in [0.3, 0.4) is 0 Å². The van der Waals surface area contributed by atoms with Gasteiger partial charge in [0.2, 0.25) is 16.0 Å². The maximum atomic E-state index is 13.0. The molecule has 134 valence electrons. The van der Waals surface area contributed by atoms with Crippen LogP contribution >= 0.6 is 15.9 Å². The van der Waals surface area contributed by atoms with Gasteiger partial charge in [-0.05, 0) is 47.0 Å². The van der Waals surface area contributed by atoms with Crippen LogP contribution in [-0.4, -0.2) is 42.9 Å². The average Bonchev–Trinajstić information content (AvgIpc) is 2.64. The Kier molecular flexibility index (Phi) is 5.55. The lowest BCUT2D eigenvalue weighted by atomic mass is 10.2. The van der Waals surface area contributed by atoms with E-state index in [1.807, 2.05) is 0 Å². The van der Waals surface area contributed by atoms with Gasteiger partial charge >= 0.3 is 0 Å². The second kappa shape index (κ2) is 7.67. The van der Waals surface area contributed by atoms with E-state index in [0.717, 1.165) is 23.7 Å². The van der Waals surface area contributed by atoms with Crippen LogP contribution in [0.1, 0.15) is 19.3 Å². The molecule has 9 heteroatoms. The molecule has 1 fully saturated rings. The van der Waals surface area contributed by atoms with Crippen molar-refractivity contribution in [3.8, 4) is 5.75 Å². The number of hydrogen-bond donors (Lipinski definition) is 1. The molecule has 0 amide bonds. The minimum absolute atomic E-state index is 0.152. The summed E-state index contributed by atoms with van der Waals surface area (Å²) in [4.78, 5) is 8.43. The van der Waals surface area contributed by atoms with Gasteiger partial charge in [-0.1, -0.05) is 6.42 Å². The Bertz CT molecular complexity index is 837. The first-order valence-electron chi connectivity index (χ1n) is 7.93. The van der Waals surface area contributed by atoms with E-state index >= 15 is 0 Å². The molecule has 2 aromatic rings. The highest BCUT2D eigenvalue weighted by molar-refractivity contribution is 9.10. The molecular formula is C16H19BrN4O3S. The second-order valence-corrected chi connectivity index (χ2v) is 8.50. The number of benzene rings is 1. The van der Waals surface area contributed by atoms with Crippen molar-refractivity contribution in [3.05, 3.63) is 35.1 Å². The summed E-state index contributed by atoms with van der Waals surface area (Å²) in [5.74, 6) is 0.711. The number of hydrogen-bond acceptors (Lipinski definition) is 6. The molecule has 2 heterocycles. The van der Waals surface area contributed by atoms with Crippen LogP contribution in [-0.2, 0) is 10.0 Å². The summed E-state index contributed by atoms with van der Waals surface area (Å²) < 4.78 is 33.6. The third kappa shape index (κ3) is 4.10. The van der Waals surface area contributed by atoms with Gasteiger partial charge in [-0.2, -0.15) is 4.31 Å². The summed E-state index contributed by atoms with van der Waals surface area (Å²) in [5, 5.41) is 3.02. The first-order chi connectivity index (χ1) is 12.0. The number of sulfonamides is 1. The fraction of sp³-hybridized carbons (Fsp3) is 0.375. The molecule has 3 rings (SSSR count). The van der Waals surface area contributed by atoms with Crippen molar-refractivity contribution in [2.45, 2.75) is 24.2 Å². The Hall–Kier alpha value is -1.71. The van der Waals surface area contributed by atoms with Gasteiger partial charge in [0.15, 0.2) is 0 Å². The fourth-order valence-electron chi connectivity index (χ4n) is 2.71. The van der Waals surface area contributed by atoms with E-state index < -0.39 is 10.0 Å². The summed E-state index contributed by atoms with van der Waals surface area (Å²) in [6.45, 7) is 1.08. The summed E-state index contributed by atoms with van der Waals surface area (Å²) in [6.07, 6.45) is 6.05. The van der Waals surface area contributed by atoms with Crippen LogP contribution < -0.4 is 10.1 Å². The Morgan fingerprint density at radius 3 is 2.48 bits per heavy atom. The lowest BCUT2D eigenvalue weighted by Gasteiger charge is -2.26. The van der Waals surface area contributed by atoms with Gasteiger partial charge in [-0.15, -0.1) is 0 Å². The molecule has 0 radical (unpaired) electrons. The molecule has 0 aliphatic carbocycles. The van der Waals surface area contributed by atoms with Gasteiger partial charge in [-0.25, -0.2) is 18.4 Å². The molecule has 1 N–H and O–H groups in total. The summed E-state index contributed by atoms with van der Waals surface area (Å²) >= 11 is 3.28. The van der Waals surface area contributed by atoms with Crippen molar-refractivity contribution >= 4 is 37.6 Å². The van der Waals surface area contributed by atoms with Crippen LogP contribution in [0.2, 0.25) is 0 Å². The Labute approximate surface area is 155 Å². The van der Waals surface area contributed by atoms with Crippen molar-refractivity contribution in [3.63, 3.8) is 0 Å². The first kappa shape index (κ1) is 18.1. The van der Waals surface area contributed by atoms with E-state index in [4.69, 9.17) is 4.74 Å². The highest BCUT2D eigenvalue weighted by Crippen LogP contribution is 2.31. The zero-order valence-corrected chi connectivity index (χ0v) is 16.2. The zero-order valence-electron chi connectivity index (χ0n) is 13.8. The minimum Gasteiger partial charge on any atom is -0.495 e. The smallest absolute Gasteiger partial charge is 0.246 e. The van der Waals surface area contributed by atoms with E-state index in [9.17, 15) is 8.42 Å². The number of halogens is 1. The van der Waals surface area contributed by atoms with Crippen LogP contribution in [0.25, 0.3) is 0 Å². The van der Waals surface area contributed by atoms with Crippen LogP contribution in [0, 0.1) is 0 Å². The second-order valence-electron chi connectivity index (χ2n) is 5.68. The number of anilines is 2. The maximum absolute atomic E-state index is 13.0. The molecule has 0 bridgehead atoms. The number of ether oxygens (including phenoxy) is 1. The number of aromatic nitrogens is 2. The molecule has 0 atom stereocenters. The van der Waals surface area contributed by atoms with Gasteiger partial charge in [0.25, 0.3) is 0 Å². The molecule has 1 aromatic carbocycles. The highest BCUT2D eigenvalue weighted by atomic mass is 79.9. The third-order valence-electron chi connectivity index (χ3n) is 3.97. The normalized spacial score (nSPS) is 15.8. The molecule has 1 saturated heterocycles. The Balaban J connectivity index is 1.93. The molecule has 25 heavy (non-hydrogen) atoms. The van der Waals surface area contributed by atoms with Crippen LogP contribution in [0.15, 0.2) is 40.0 Å². The van der Waals surface area contributed by atoms with E-state index in [1.165, 1.54) is 11.4 Å². The number of nitrogens with zero attached hydrogens (tertiary/aromatic N) is 3. The molecule has 1 aromatic heterocycles. The van der Waals surface area contributed by atoms with E-state index in [1.54, 1.807) is 30.6 Å². The number of rotatable bonds is 5. The number of methoxy groups -OCH3 is 1. The number of piperidine rings is 1. The van der Waals surface area contributed by atoms with Crippen molar-refractivity contribution in [2.24, 2.45) is 0 Å². The molecule has 0 spiro atoms. The topological polar surface area (TPSA) is 84.4 Å². The SMILES string of the molecule is COc1ccc(Nc2ncc(Br)cn2)cc1S(=O)(=O)N1CCCCC1. The summed E-state index contributed by atoms with van der Waals surface area (Å²) in [5.41, 5.74) is 0.582. The van der Waals surface area contributed by atoms with E-state index in [-0.39, 0.29) is 4.90 Å². The molecule has 7 nitrogen and oxygen atoms in total. The van der Waals surface area contributed by atoms with Crippen molar-refractivity contribution in [2.75, 3.05) is 25.5 Å². The van der Waals surface area contributed by atoms with E-state index in [0.29, 0.717) is 30.5 Å². The van der Waals surface area contributed by atoms with E-state index in [2.05, 4.69) is 31.2 Å². The van der Waals surface area contributed by atoms with Gasteiger partial charge in [-0.3, -0.25) is 0 Å². The predicted octanol–water partition coefficient (Wildman–Crippen LogP) is 3.17. The van der Waals surface area contributed by atoms with Gasteiger partial charge in [0.1, 0.15) is 10.6 Å². The number of nitrogens with one attached hydrogen (secondary N) is 1. The predicted molar refractivity (Wildman–Crippen MR) is 98.6 cm³/mol. The van der Waals surface area contributed by atoms with Gasteiger partial charge < -0.3 is 10.1 Å². The van der Waals surface area contributed by atoms with Crippen molar-refractivity contribution in [1.82, 2.24) is 14.3 Å². The van der Waals surface area contributed by atoms with Crippen molar-refractivity contribution < 1.29 is 13.2 Å². The molecule has 0 unspecified atom stereocenters. The third-order valence-corrected chi connectivity index (χ3v) is 6.30. The van der Waals surface area contributed by atoms with Crippen molar-refractivity contribution in [1.29, 1.82) is 0 Å². The standard InChI is InChI=1S/C16H19BrN4O3S/c1-24-14-6-5-13(20-16-18-10-12(17)11-19-16)9-15(14)25(22,23)21-7-3-2-4-8-21/h5-6,9-11H,2-4,7-8H2,1H3,(H,18,19,20). The molecule has 1 aliphatic heterocycles. The zero-order chi connectivity index (χ0) is 17.9. The average molecular weight is 427 g/mol. The fourth-order valence-corrected chi connectivity index (χ4v) is 4.61. The minimum atomic E-state index is -3.61. The Morgan fingerprint density at radius 2 is 1.84 bits per heavy atom. The van der Waals surface area contributed by atoms with Crippen LogP contribution in [0.4, 0.5) is 11.6 Å². The van der Waals surface area contributed by atoms with Gasteiger partial charge in [0, 0.05) is 31.2 Å². The van der Waals surface area contributed by atoms with Crippen LogP contribution in [0.5, 0.6) is 5.75 Å². The van der Waals surface area contributed by atoms with Gasteiger partial charge in [0.05, 0.1) is 11.6 Å². The largest absolute Gasteiger partial charge is 0.495 e. The Morgan fingerprint density at radius 1 is 1.16 bits per heavy atom. The highest BCUT2D eigenvalue weighted by Gasteiger charge is 2.29. The molecular weight excluding hydrogens is 408 g/mol. The molecule has 0 saturated carbocycles. The monoisotopic (exact) mass is 426 g/mol. The lowest BCUT2D eigenvalue weighted by molar-refractivity contribution is 0.343. The summed E-state index contributed by atoms with van der Waals surface area (Å²) in [6, 6.07) is 4.94. The maximum Gasteiger partial charge on any atom is 0.246 e.